The molecule has 0 bridgehead atoms. The van der Waals surface area contributed by atoms with E-state index >= 15 is 0 Å². The first-order chi connectivity index (χ1) is 14.3. The molecule has 162 valence electrons. The zero-order valence-corrected chi connectivity index (χ0v) is 17.5. The number of hydrogen-bond donors (Lipinski definition) is 3. The number of nitrogens with one attached hydrogen (secondary N) is 1. The maximum absolute atomic E-state index is 12.9. The average Bonchev–Trinajstić information content (AvgIpc) is 3.15. The fraction of sp³-hybridized carbons (Fsp3) is 0.429. The van der Waals surface area contributed by atoms with Crippen LogP contribution in [0.2, 0.25) is 5.02 Å². The molecule has 0 radical (unpaired) electrons. The van der Waals surface area contributed by atoms with E-state index < -0.39 is 18.0 Å². The highest BCUT2D eigenvalue weighted by Crippen LogP contribution is 2.19. The normalized spacial score (nSPS) is 12.9. The fourth-order valence-corrected chi connectivity index (χ4v) is 3.57. The van der Waals surface area contributed by atoms with Crippen molar-refractivity contribution in [3.8, 4) is 0 Å². The van der Waals surface area contributed by atoms with Gasteiger partial charge in [-0.15, -0.1) is 0 Å². The van der Waals surface area contributed by atoms with Gasteiger partial charge in [0.2, 0.25) is 5.91 Å². The highest BCUT2D eigenvalue weighted by Gasteiger charge is 2.24. The molecule has 0 saturated heterocycles. The first-order valence-corrected chi connectivity index (χ1v) is 10.2. The van der Waals surface area contributed by atoms with E-state index in [0.717, 1.165) is 12.0 Å². The molecule has 1 heterocycles. The van der Waals surface area contributed by atoms with Crippen LogP contribution in [0, 0.1) is 5.92 Å². The smallest absolute Gasteiger partial charge is 0.354 e. The number of hydrogen-bond acceptors (Lipinski definition) is 4. The summed E-state index contributed by atoms with van der Waals surface area (Å²) in [4.78, 5) is 35.4. The van der Waals surface area contributed by atoms with Crippen molar-refractivity contribution in [1.29, 1.82) is 0 Å². The summed E-state index contributed by atoms with van der Waals surface area (Å²) in [6.45, 7) is 2.23. The number of halogens is 1. The Balaban J connectivity index is 2.07. The first kappa shape index (κ1) is 23.4. The van der Waals surface area contributed by atoms with E-state index in [1.54, 1.807) is 18.2 Å². The van der Waals surface area contributed by atoms with Crippen LogP contribution in [0.3, 0.4) is 0 Å². The third-order valence-corrected chi connectivity index (χ3v) is 5.19. The molecule has 0 aliphatic rings. The molecule has 2 atom stereocenters. The summed E-state index contributed by atoms with van der Waals surface area (Å²) in [6, 6.07) is 7.93. The van der Waals surface area contributed by atoms with Crippen LogP contribution in [0.5, 0.6) is 0 Å². The predicted octanol–water partition coefficient (Wildman–Crippen LogP) is 3.24. The van der Waals surface area contributed by atoms with E-state index in [-0.39, 0.29) is 30.5 Å². The summed E-state index contributed by atoms with van der Waals surface area (Å²) < 4.78 is 1.36. The lowest BCUT2D eigenvalue weighted by molar-refractivity contribution is -0.137. The van der Waals surface area contributed by atoms with Gasteiger partial charge in [0, 0.05) is 29.7 Å². The molecule has 8 nitrogen and oxygen atoms in total. The van der Waals surface area contributed by atoms with E-state index in [0.29, 0.717) is 24.3 Å². The second kappa shape index (κ2) is 11.3. The van der Waals surface area contributed by atoms with Gasteiger partial charge in [-0.25, -0.2) is 4.79 Å². The van der Waals surface area contributed by atoms with Gasteiger partial charge in [0.05, 0.1) is 6.42 Å². The molecular weight excluding hydrogens is 410 g/mol. The maximum Gasteiger partial charge on any atom is 0.354 e. The minimum absolute atomic E-state index is 0.0631. The Labute approximate surface area is 179 Å². The van der Waals surface area contributed by atoms with Crippen molar-refractivity contribution >= 4 is 29.4 Å². The number of carboxylic acid groups (broad SMARTS) is 2. The van der Waals surface area contributed by atoms with Gasteiger partial charge in [-0.1, -0.05) is 43.1 Å². The third kappa shape index (κ3) is 6.88. The quantitative estimate of drug-likeness (QED) is 0.470. The van der Waals surface area contributed by atoms with Crippen LogP contribution in [0.1, 0.15) is 48.7 Å². The van der Waals surface area contributed by atoms with Crippen molar-refractivity contribution < 1.29 is 24.6 Å². The summed E-state index contributed by atoms with van der Waals surface area (Å²) in [5.41, 5.74) is 0.827. The van der Waals surface area contributed by atoms with Gasteiger partial charge in [-0.05, 0) is 37.0 Å². The molecule has 0 fully saturated rings. The van der Waals surface area contributed by atoms with Crippen LogP contribution in [-0.2, 0) is 22.6 Å². The molecule has 3 N–H and O–H groups in total. The zero-order chi connectivity index (χ0) is 22.1. The highest BCUT2D eigenvalue weighted by molar-refractivity contribution is 6.31. The van der Waals surface area contributed by atoms with Gasteiger partial charge < -0.3 is 15.5 Å². The van der Waals surface area contributed by atoms with Crippen LogP contribution < -0.4 is 5.32 Å². The SMILES string of the molecule is CCCC(CCn1nccc1C(=O)O)C(=O)N[C@@H](CC(=O)O)Cc1ccccc1Cl. The molecule has 2 aromatic rings. The molecule has 0 aliphatic heterocycles. The number of carbonyl (C=O) groups excluding carboxylic acids is 1. The number of aryl methyl sites for hydroxylation is 1. The Morgan fingerprint density at radius 3 is 2.53 bits per heavy atom. The second-order valence-electron chi connectivity index (χ2n) is 7.12. The van der Waals surface area contributed by atoms with Gasteiger partial charge in [0.1, 0.15) is 5.69 Å². The molecule has 2 rings (SSSR count). The molecule has 0 aliphatic carbocycles. The number of carbonyl (C=O) groups is 3. The predicted molar refractivity (Wildman–Crippen MR) is 112 cm³/mol. The van der Waals surface area contributed by atoms with Crippen molar-refractivity contribution in [2.24, 2.45) is 5.92 Å². The standard InChI is InChI=1S/C21H26ClN3O5/c1-2-5-14(9-11-25-18(21(29)30)8-10-23-25)20(28)24-16(13-19(26)27)12-15-6-3-4-7-17(15)22/h3-4,6-8,10,14,16H,2,5,9,11-13H2,1H3,(H,24,28)(H,26,27)(H,29,30)/t14?,16-/m1/s1. The minimum Gasteiger partial charge on any atom is -0.481 e. The summed E-state index contributed by atoms with van der Waals surface area (Å²) in [6.07, 6.45) is 3.24. The van der Waals surface area contributed by atoms with Crippen LogP contribution >= 0.6 is 11.6 Å². The monoisotopic (exact) mass is 435 g/mol. The van der Waals surface area contributed by atoms with Crippen molar-refractivity contribution in [2.45, 2.75) is 51.6 Å². The van der Waals surface area contributed by atoms with Crippen molar-refractivity contribution in [1.82, 2.24) is 15.1 Å². The van der Waals surface area contributed by atoms with Crippen LogP contribution in [0.15, 0.2) is 36.5 Å². The molecule has 9 heteroatoms. The lowest BCUT2D eigenvalue weighted by atomic mass is 9.96. The topological polar surface area (TPSA) is 122 Å². The van der Waals surface area contributed by atoms with E-state index in [2.05, 4.69) is 10.4 Å². The van der Waals surface area contributed by atoms with Gasteiger partial charge in [-0.3, -0.25) is 14.3 Å². The van der Waals surface area contributed by atoms with Crippen molar-refractivity contribution in [3.63, 3.8) is 0 Å². The Bertz CT molecular complexity index is 883. The van der Waals surface area contributed by atoms with Crippen molar-refractivity contribution in [3.05, 3.63) is 52.8 Å². The molecule has 1 amide bonds. The average molecular weight is 436 g/mol. The molecule has 30 heavy (non-hydrogen) atoms. The van der Waals surface area contributed by atoms with E-state index in [9.17, 15) is 24.6 Å². The lowest BCUT2D eigenvalue weighted by Gasteiger charge is -2.22. The highest BCUT2D eigenvalue weighted by atomic mass is 35.5. The van der Waals surface area contributed by atoms with Gasteiger partial charge in [0.15, 0.2) is 0 Å². The Kier molecular flexibility index (Phi) is 8.86. The molecule has 0 saturated carbocycles. The number of amides is 1. The van der Waals surface area contributed by atoms with E-state index in [1.165, 1.54) is 16.9 Å². The Morgan fingerprint density at radius 2 is 1.90 bits per heavy atom. The lowest BCUT2D eigenvalue weighted by Crippen LogP contribution is -2.41. The Morgan fingerprint density at radius 1 is 1.17 bits per heavy atom. The third-order valence-electron chi connectivity index (χ3n) is 4.82. The van der Waals surface area contributed by atoms with Gasteiger partial charge in [-0.2, -0.15) is 5.10 Å². The number of benzene rings is 1. The fourth-order valence-electron chi connectivity index (χ4n) is 3.36. The van der Waals surface area contributed by atoms with Crippen LogP contribution in [-0.4, -0.2) is 43.9 Å². The first-order valence-electron chi connectivity index (χ1n) is 9.82. The van der Waals surface area contributed by atoms with Gasteiger partial charge >= 0.3 is 11.9 Å². The molecular formula is C21H26ClN3O5. The summed E-state index contributed by atoms with van der Waals surface area (Å²) >= 11 is 6.18. The molecule has 1 aromatic heterocycles. The summed E-state index contributed by atoms with van der Waals surface area (Å²) in [5.74, 6) is -2.73. The number of nitrogens with zero attached hydrogens (tertiary/aromatic N) is 2. The summed E-state index contributed by atoms with van der Waals surface area (Å²) in [5, 5.41) is 25.8. The van der Waals surface area contributed by atoms with Crippen LogP contribution in [0.25, 0.3) is 0 Å². The second-order valence-corrected chi connectivity index (χ2v) is 7.53. The van der Waals surface area contributed by atoms with E-state index in [1.807, 2.05) is 13.0 Å². The largest absolute Gasteiger partial charge is 0.481 e. The van der Waals surface area contributed by atoms with E-state index in [4.69, 9.17) is 11.6 Å². The summed E-state index contributed by atoms with van der Waals surface area (Å²) in [7, 11) is 0. The Hall–Kier alpha value is -2.87. The number of aromatic carboxylic acids is 1. The molecule has 0 spiro atoms. The molecule has 1 aromatic carbocycles. The number of carboxylic acids is 2. The minimum atomic E-state index is -1.08. The maximum atomic E-state index is 12.9. The number of aliphatic carboxylic acids is 1. The number of aromatic nitrogens is 2. The number of rotatable bonds is 12. The van der Waals surface area contributed by atoms with Crippen LogP contribution in [0.4, 0.5) is 0 Å². The van der Waals surface area contributed by atoms with Gasteiger partial charge in [0.25, 0.3) is 0 Å². The van der Waals surface area contributed by atoms with Crippen molar-refractivity contribution in [2.75, 3.05) is 0 Å². The zero-order valence-electron chi connectivity index (χ0n) is 16.8. The molecule has 1 unspecified atom stereocenters.